The molecular weight excluding hydrogens is 858 g/mol. The van der Waals surface area contributed by atoms with Crippen molar-refractivity contribution >= 4 is 37.8 Å². The fourth-order valence-corrected chi connectivity index (χ4v) is 12.0. The second kappa shape index (κ2) is 16.6. The van der Waals surface area contributed by atoms with Gasteiger partial charge >= 0.3 is 26.2 Å². The lowest BCUT2D eigenvalue weighted by atomic mass is 9.43. The third kappa shape index (κ3) is 8.47. The lowest BCUT2D eigenvalue weighted by Crippen LogP contribution is -2.65. The molecule has 4 bridgehead atoms. The van der Waals surface area contributed by atoms with Crippen molar-refractivity contribution in [1.82, 2.24) is 0 Å². The van der Waals surface area contributed by atoms with Gasteiger partial charge in [-0.25, -0.2) is 27.2 Å². The summed E-state index contributed by atoms with van der Waals surface area (Å²) in [5, 5.41) is -0.696. The summed E-state index contributed by atoms with van der Waals surface area (Å²) in [6.07, 6.45) is 4.18. The van der Waals surface area contributed by atoms with Gasteiger partial charge in [-0.2, -0.15) is 0 Å². The van der Waals surface area contributed by atoms with Crippen LogP contribution in [0.2, 0.25) is 0 Å². The standard InChI is InChI=1S/C24H32BClF2O5.C23H31BF2O5/c1-22(2,3)31-21(29)18-19(28)14(27)8-12(20(18)30-7)9-17(26)25-32-16-11-13-10-15(23(13,4)5)24(16,6)33-25;1-21(2,3)29-20(27)17-18(26)14(25)8-12(19(17)28-7)11-24-30-16-10-13-9-15(22(13,4)5)23(16,6)31-24/h8,13,15-17H,9-11H2,1-7H3;8,13,15-16H,9-11H2,1-7H3/t13-,15-,16+,17+,24-;13-,15-,16+,23-/m00/s1. The Morgan fingerprint density at radius 1 is 0.703 bits per heavy atom. The summed E-state index contributed by atoms with van der Waals surface area (Å²) in [6, 6.07) is 2.05. The van der Waals surface area contributed by atoms with Gasteiger partial charge in [-0.15, -0.1) is 11.6 Å². The number of hydrogen-bond donors (Lipinski definition) is 0. The smallest absolute Gasteiger partial charge is 0.477 e. The van der Waals surface area contributed by atoms with Crippen LogP contribution in [0.3, 0.4) is 0 Å². The molecule has 0 amide bonds. The van der Waals surface area contributed by atoms with Crippen LogP contribution in [0.25, 0.3) is 0 Å². The first-order chi connectivity index (χ1) is 29.5. The molecule has 6 saturated carbocycles. The van der Waals surface area contributed by atoms with Crippen molar-refractivity contribution in [3.05, 3.63) is 57.7 Å². The maximum Gasteiger partial charge on any atom is 0.477 e. The summed E-state index contributed by atoms with van der Waals surface area (Å²) >= 11 is 6.70. The quantitative estimate of drug-likeness (QED) is 0.104. The fourth-order valence-electron chi connectivity index (χ4n) is 11.7. The lowest BCUT2D eigenvalue weighted by molar-refractivity contribution is -0.199. The maximum atomic E-state index is 14.6. The van der Waals surface area contributed by atoms with E-state index in [0.717, 1.165) is 37.8 Å². The minimum absolute atomic E-state index is 0.0316. The van der Waals surface area contributed by atoms with E-state index in [1.807, 2.05) is 0 Å². The van der Waals surface area contributed by atoms with E-state index >= 15 is 0 Å². The highest BCUT2D eigenvalue weighted by Gasteiger charge is 2.69. The molecule has 0 N–H and O–H groups in total. The third-order valence-corrected chi connectivity index (χ3v) is 15.5. The molecule has 0 spiro atoms. The van der Waals surface area contributed by atoms with Gasteiger partial charge in [-0.05, 0) is 145 Å². The SMILES string of the molecule is COc1c(CB2O[C@@H]3C[C@@H]4C[C@@H](C4(C)C)[C@]3(C)O2)cc(F)c(F)c1C(=O)OC(C)(C)C.COc1c(C[C@@H](Cl)B2O[C@@H]3C[C@@H]4C[C@@H](C4(C)C)[C@]3(C)O2)cc(F)c(F)c1C(=O)OC(C)(C)C. The van der Waals surface area contributed by atoms with Gasteiger partial charge in [-0.3, -0.25) is 0 Å². The molecule has 8 aliphatic rings. The van der Waals surface area contributed by atoms with Crippen LogP contribution < -0.4 is 9.47 Å². The molecule has 6 aliphatic carbocycles. The van der Waals surface area contributed by atoms with Crippen molar-refractivity contribution in [3.63, 3.8) is 0 Å². The number of rotatable bonds is 9. The lowest BCUT2D eigenvalue weighted by Gasteiger charge is -2.64. The van der Waals surface area contributed by atoms with Gasteiger partial charge in [0.15, 0.2) is 23.3 Å². The van der Waals surface area contributed by atoms with Crippen molar-refractivity contribution in [2.45, 2.75) is 161 Å². The average molecular weight is 921 g/mol. The van der Waals surface area contributed by atoms with Gasteiger partial charge < -0.3 is 37.6 Å². The first-order valence-corrected chi connectivity index (χ1v) is 22.8. The largest absolute Gasteiger partial charge is 0.495 e. The van der Waals surface area contributed by atoms with Gasteiger partial charge in [0, 0.05) is 6.32 Å². The average Bonchev–Trinajstić information content (AvgIpc) is 3.71. The van der Waals surface area contributed by atoms with Crippen molar-refractivity contribution < 1.29 is 64.7 Å². The van der Waals surface area contributed by atoms with E-state index in [9.17, 15) is 27.2 Å². The normalized spacial score (nSPS) is 31.0. The van der Waals surface area contributed by atoms with Crippen LogP contribution in [0, 0.1) is 57.8 Å². The molecule has 2 aromatic rings. The van der Waals surface area contributed by atoms with Crippen molar-refractivity contribution in [2.24, 2.45) is 34.5 Å². The van der Waals surface area contributed by atoms with E-state index in [0.29, 0.717) is 29.2 Å². The fraction of sp³-hybridized carbons (Fsp3) is 0.702. The Balaban J connectivity index is 0.000000192. The highest BCUT2D eigenvalue weighted by molar-refractivity contribution is 6.60. The van der Waals surface area contributed by atoms with Crippen LogP contribution in [0.15, 0.2) is 12.1 Å². The molecule has 0 unspecified atom stereocenters. The van der Waals surface area contributed by atoms with E-state index in [-0.39, 0.29) is 52.8 Å². The molecule has 17 heteroatoms. The predicted molar refractivity (Wildman–Crippen MR) is 233 cm³/mol. The monoisotopic (exact) mass is 920 g/mol. The Kier molecular flexibility index (Phi) is 12.7. The number of ether oxygens (including phenoxy) is 4. The molecule has 10 rings (SSSR count). The topological polar surface area (TPSA) is 108 Å². The zero-order chi connectivity index (χ0) is 47.4. The number of hydrogen-bond acceptors (Lipinski definition) is 10. The van der Waals surface area contributed by atoms with Crippen LogP contribution in [-0.4, -0.2) is 80.3 Å². The molecule has 2 heterocycles. The highest BCUT2D eigenvalue weighted by Crippen LogP contribution is 2.67. The van der Waals surface area contributed by atoms with Gasteiger partial charge in [-0.1, -0.05) is 27.7 Å². The summed E-state index contributed by atoms with van der Waals surface area (Å²) < 4.78 is 105. The maximum absolute atomic E-state index is 14.6. The number of esters is 2. The minimum Gasteiger partial charge on any atom is -0.495 e. The molecule has 0 radical (unpaired) electrons. The van der Waals surface area contributed by atoms with Crippen LogP contribution in [0.4, 0.5) is 17.6 Å². The molecule has 10 nitrogen and oxygen atoms in total. The Morgan fingerprint density at radius 3 is 1.56 bits per heavy atom. The summed E-state index contributed by atoms with van der Waals surface area (Å²) in [6.45, 7) is 23.2. The van der Waals surface area contributed by atoms with E-state index in [1.165, 1.54) is 14.2 Å². The number of alkyl halides is 1. The summed E-state index contributed by atoms with van der Waals surface area (Å²) in [4.78, 5) is 25.2. The highest BCUT2D eigenvalue weighted by atomic mass is 35.5. The van der Waals surface area contributed by atoms with E-state index in [1.54, 1.807) is 41.5 Å². The second-order valence-electron chi connectivity index (χ2n) is 22.1. The van der Waals surface area contributed by atoms with Gasteiger partial charge in [0.1, 0.15) is 33.8 Å². The van der Waals surface area contributed by atoms with Crippen LogP contribution in [0.5, 0.6) is 11.5 Å². The molecule has 2 saturated heterocycles. The third-order valence-electron chi connectivity index (χ3n) is 15.2. The molecule has 64 heavy (non-hydrogen) atoms. The zero-order valence-corrected chi connectivity index (χ0v) is 40.3. The number of benzene rings is 2. The van der Waals surface area contributed by atoms with Crippen LogP contribution in [0.1, 0.15) is 141 Å². The molecular formula is C47H63B2ClF4O10. The molecule has 0 aromatic heterocycles. The number of methoxy groups -OCH3 is 2. The molecule has 8 fully saturated rings. The van der Waals surface area contributed by atoms with Gasteiger partial charge in [0.05, 0.1) is 42.9 Å². The summed E-state index contributed by atoms with van der Waals surface area (Å²) in [7, 11) is 1.27. The van der Waals surface area contributed by atoms with Crippen LogP contribution in [-0.2, 0) is 40.8 Å². The Hall–Kier alpha value is -3.04. The summed E-state index contributed by atoms with van der Waals surface area (Å²) in [5.41, 5.74) is -2.78. The van der Waals surface area contributed by atoms with Crippen LogP contribution >= 0.6 is 11.6 Å². The number of halogens is 5. The van der Waals surface area contributed by atoms with Gasteiger partial charge in [0.2, 0.25) is 0 Å². The Morgan fingerprint density at radius 2 is 1.12 bits per heavy atom. The Bertz CT molecular complexity index is 2180. The van der Waals surface area contributed by atoms with Crippen molar-refractivity contribution in [2.75, 3.05) is 14.2 Å². The van der Waals surface area contributed by atoms with E-state index in [2.05, 4.69) is 41.5 Å². The zero-order valence-electron chi connectivity index (χ0n) is 39.6. The van der Waals surface area contributed by atoms with Gasteiger partial charge in [0.25, 0.3) is 0 Å². The molecule has 2 aromatic carbocycles. The predicted octanol–water partition coefficient (Wildman–Crippen LogP) is 10.1. The molecule has 2 aliphatic heterocycles. The van der Waals surface area contributed by atoms with Crippen molar-refractivity contribution in [3.8, 4) is 11.5 Å². The second-order valence-corrected chi connectivity index (χ2v) is 22.7. The summed E-state index contributed by atoms with van der Waals surface area (Å²) in [5.74, 6) is -5.07. The molecule has 9 atom stereocenters. The number of carbonyl (C=O) groups excluding carboxylic acids is 2. The first kappa shape index (κ1) is 48.9. The number of carbonyl (C=O) groups is 2. The van der Waals surface area contributed by atoms with E-state index < -0.39 is 88.3 Å². The Labute approximate surface area is 380 Å². The first-order valence-electron chi connectivity index (χ1n) is 22.3. The van der Waals surface area contributed by atoms with E-state index in [4.69, 9.17) is 49.2 Å². The molecule has 352 valence electrons. The van der Waals surface area contributed by atoms with Crippen molar-refractivity contribution in [1.29, 1.82) is 0 Å². The minimum atomic E-state index is -1.31.